The van der Waals surface area contributed by atoms with Gasteiger partial charge in [0.25, 0.3) is 0 Å². The van der Waals surface area contributed by atoms with Gasteiger partial charge in [-0.25, -0.2) is 0 Å². The quantitative estimate of drug-likeness (QED) is 0.303. The van der Waals surface area contributed by atoms with Crippen LogP contribution in [-0.2, 0) is 6.42 Å². The highest BCUT2D eigenvalue weighted by atomic mass is 79.9. The third kappa shape index (κ3) is 2.05. The summed E-state index contributed by atoms with van der Waals surface area (Å²) in [5.41, 5.74) is 8.31. The molecule has 1 aliphatic carbocycles. The lowest BCUT2D eigenvalue weighted by molar-refractivity contribution is 1.26. The van der Waals surface area contributed by atoms with Crippen molar-refractivity contribution in [1.29, 1.82) is 0 Å². The van der Waals surface area contributed by atoms with Crippen LogP contribution in [0.3, 0.4) is 0 Å². The smallest absolute Gasteiger partial charge is 0.0253 e. The Kier molecular flexibility index (Phi) is 3.11. The van der Waals surface area contributed by atoms with E-state index < -0.39 is 0 Å². The van der Waals surface area contributed by atoms with Crippen molar-refractivity contribution in [3.05, 3.63) is 94.5 Å². The summed E-state index contributed by atoms with van der Waals surface area (Å²) >= 11 is 3.65. The predicted molar refractivity (Wildman–Crippen MR) is 105 cm³/mol. The van der Waals surface area contributed by atoms with E-state index in [1.165, 1.54) is 44.2 Å². The molecule has 1 heteroatoms. The summed E-state index contributed by atoms with van der Waals surface area (Å²) in [5, 5.41) is 2.53. The second-order valence-electron chi connectivity index (χ2n) is 6.34. The van der Waals surface area contributed by atoms with Crippen LogP contribution in [-0.4, -0.2) is 0 Å². The zero-order valence-corrected chi connectivity index (χ0v) is 14.7. The summed E-state index contributed by atoms with van der Waals surface area (Å²) in [7, 11) is 0. The fourth-order valence-electron chi connectivity index (χ4n) is 3.84. The minimum absolute atomic E-state index is 1.03. The normalized spacial score (nSPS) is 12.2. The van der Waals surface area contributed by atoms with Crippen LogP contribution in [0.4, 0.5) is 0 Å². The SMILES string of the molecule is Brc1cccc2cc(-c3cccc4c3Cc3ccccc3-4)ccc12. The fourth-order valence-corrected chi connectivity index (χ4v) is 4.35. The highest BCUT2D eigenvalue weighted by Gasteiger charge is 2.20. The average molecular weight is 371 g/mol. The maximum absolute atomic E-state index is 3.65. The summed E-state index contributed by atoms with van der Waals surface area (Å²) in [4.78, 5) is 0. The molecule has 0 aliphatic heterocycles. The van der Waals surface area contributed by atoms with Gasteiger partial charge in [0.15, 0.2) is 0 Å². The molecule has 1 aliphatic rings. The predicted octanol–water partition coefficient (Wildman–Crippen LogP) is 6.84. The molecule has 0 N–H and O–H groups in total. The Balaban J connectivity index is 1.72. The molecule has 0 bridgehead atoms. The molecule has 0 saturated heterocycles. The van der Waals surface area contributed by atoms with Crippen LogP contribution < -0.4 is 0 Å². The first-order chi connectivity index (χ1) is 11.8. The van der Waals surface area contributed by atoms with Crippen LogP contribution in [0.25, 0.3) is 33.0 Å². The van der Waals surface area contributed by atoms with Gasteiger partial charge in [0, 0.05) is 4.47 Å². The van der Waals surface area contributed by atoms with Gasteiger partial charge in [0.1, 0.15) is 0 Å². The van der Waals surface area contributed by atoms with Crippen molar-refractivity contribution in [1.82, 2.24) is 0 Å². The Labute approximate surface area is 149 Å². The summed E-state index contributed by atoms with van der Waals surface area (Å²) in [6.45, 7) is 0. The van der Waals surface area contributed by atoms with Gasteiger partial charge in [-0.2, -0.15) is 0 Å². The Bertz CT molecular complexity index is 1090. The topological polar surface area (TPSA) is 0 Å². The third-order valence-corrected chi connectivity index (χ3v) is 5.68. The molecular weight excluding hydrogens is 356 g/mol. The number of fused-ring (bicyclic) bond motifs is 4. The van der Waals surface area contributed by atoms with Crippen molar-refractivity contribution in [3.8, 4) is 22.3 Å². The number of benzene rings is 4. The van der Waals surface area contributed by atoms with Crippen molar-refractivity contribution >= 4 is 26.7 Å². The molecule has 0 saturated carbocycles. The summed E-state index contributed by atoms with van der Waals surface area (Å²) in [6.07, 6.45) is 1.03. The standard InChI is InChI=1S/C23H15Br/c24-23-10-3-6-15-13-17(11-12-20(15)23)19-8-4-9-21-18-7-2-1-5-16(18)14-22(19)21/h1-13H,14H2. The van der Waals surface area contributed by atoms with Crippen LogP contribution in [0, 0.1) is 0 Å². The maximum atomic E-state index is 3.65. The van der Waals surface area contributed by atoms with E-state index in [1.54, 1.807) is 0 Å². The average Bonchev–Trinajstić information content (AvgIpc) is 3.00. The highest BCUT2D eigenvalue weighted by Crippen LogP contribution is 2.42. The van der Waals surface area contributed by atoms with Crippen molar-refractivity contribution in [2.75, 3.05) is 0 Å². The van der Waals surface area contributed by atoms with Crippen LogP contribution in [0.2, 0.25) is 0 Å². The van der Waals surface area contributed by atoms with E-state index in [9.17, 15) is 0 Å². The molecule has 0 amide bonds. The molecule has 0 fully saturated rings. The summed E-state index contributed by atoms with van der Waals surface area (Å²) < 4.78 is 1.15. The molecule has 4 aromatic carbocycles. The molecule has 0 atom stereocenters. The van der Waals surface area contributed by atoms with Crippen molar-refractivity contribution in [3.63, 3.8) is 0 Å². The van der Waals surface area contributed by atoms with Crippen LogP contribution in [0.1, 0.15) is 11.1 Å². The minimum atomic E-state index is 1.03. The summed E-state index contributed by atoms with van der Waals surface area (Å²) in [5.74, 6) is 0. The van der Waals surface area contributed by atoms with E-state index in [-0.39, 0.29) is 0 Å². The Morgan fingerprint density at radius 3 is 2.42 bits per heavy atom. The molecule has 24 heavy (non-hydrogen) atoms. The first-order valence-electron chi connectivity index (χ1n) is 8.20. The lowest BCUT2D eigenvalue weighted by Gasteiger charge is -2.10. The maximum Gasteiger partial charge on any atom is 0.0253 e. The largest absolute Gasteiger partial charge is 0.0619 e. The van der Waals surface area contributed by atoms with Crippen molar-refractivity contribution in [2.24, 2.45) is 0 Å². The first kappa shape index (κ1) is 14.0. The molecule has 0 spiro atoms. The van der Waals surface area contributed by atoms with E-state index >= 15 is 0 Å². The van der Waals surface area contributed by atoms with Crippen LogP contribution in [0.15, 0.2) is 83.3 Å². The Morgan fingerprint density at radius 1 is 0.667 bits per heavy atom. The lowest BCUT2D eigenvalue weighted by Crippen LogP contribution is -1.88. The van der Waals surface area contributed by atoms with E-state index in [1.807, 2.05) is 0 Å². The second-order valence-corrected chi connectivity index (χ2v) is 7.20. The van der Waals surface area contributed by atoms with Gasteiger partial charge in [-0.05, 0) is 62.7 Å². The molecule has 0 unspecified atom stereocenters. The van der Waals surface area contributed by atoms with E-state index in [0.29, 0.717) is 0 Å². The van der Waals surface area contributed by atoms with Gasteiger partial charge in [-0.15, -0.1) is 0 Å². The van der Waals surface area contributed by atoms with Gasteiger partial charge in [-0.3, -0.25) is 0 Å². The zero-order chi connectivity index (χ0) is 16.1. The number of rotatable bonds is 1. The molecule has 114 valence electrons. The number of halogens is 1. The molecule has 5 rings (SSSR count). The Hall–Kier alpha value is -2.38. The zero-order valence-electron chi connectivity index (χ0n) is 13.1. The highest BCUT2D eigenvalue weighted by molar-refractivity contribution is 9.10. The van der Waals surface area contributed by atoms with Crippen LogP contribution >= 0.6 is 15.9 Å². The van der Waals surface area contributed by atoms with E-state index in [4.69, 9.17) is 0 Å². The number of hydrogen-bond acceptors (Lipinski definition) is 0. The molecular formula is C23H15Br. The van der Waals surface area contributed by atoms with Gasteiger partial charge in [0.05, 0.1) is 0 Å². The van der Waals surface area contributed by atoms with Crippen LogP contribution in [0.5, 0.6) is 0 Å². The monoisotopic (exact) mass is 370 g/mol. The summed E-state index contributed by atoms with van der Waals surface area (Å²) in [6, 6.07) is 28.6. The number of hydrogen-bond donors (Lipinski definition) is 0. The van der Waals surface area contributed by atoms with E-state index in [2.05, 4.69) is 94.8 Å². The minimum Gasteiger partial charge on any atom is -0.0619 e. The Morgan fingerprint density at radius 2 is 1.46 bits per heavy atom. The van der Waals surface area contributed by atoms with E-state index in [0.717, 1.165) is 10.9 Å². The molecule has 4 aromatic rings. The fraction of sp³-hybridized carbons (Fsp3) is 0.0435. The van der Waals surface area contributed by atoms with Crippen molar-refractivity contribution < 1.29 is 0 Å². The first-order valence-corrected chi connectivity index (χ1v) is 8.99. The molecule has 0 radical (unpaired) electrons. The van der Waals surface area contributed by atoms with Gasteiger partial charge >= 0.3 is 0 Å². The van der Waals surface area contributed by atoms with Crippen molar-refractivity contribution in [2.45, 2.75) is 6.42 Å². The van der Waals surface area contributed by atoms with Gasteiger partial charge in [0.2, 0.25) is 0 Å². The van der Waals surface area contributed by atoms with Gasteiger partial charge < -0.3 is 0 Å². The lowest BCUT2D eigenvalue weighted by atomic mass is 9.94. The van der Waals surface area contributed by atoms with Gasteiger partial charge in [-0.1, -0.05) is 82.7 Å². The molecule has 0 aromatic heterocycles. The molecule has 0 nitrogen and oxygen atoms in total. The third-order valence-electron chi connectivity index (χ3n) is 4.99. The molecule has 0 heterocycles. The second kappa shape index (κ2) is 5.32.